The number of halogens is 1. The maximum atomic E-state index is 12.3. The zero-order chi connectivity index (χ0) is 29.0. The second-order valence-corrected chi connectivity index (χ2v) is 16.9. The third kappa shape index (κ3) is 6.10. The fraction of sp³-hybridized carbons (Fsp3) is 0.345. The first kappa shape index (κ1) is 29.8. The predicted molar refractivity (Wildman–Crippen MR) is 164 cm³/mol. The molecule has 4 aromatic rings. The quantitative estimate of drug-likeness (QED) is 0.144. The number of nitrogens with zero attached hydrogens (tertiary/aromatic N) is 3. The first-order valence-corrected chi connectivity index (χ1v) is 17.4. The molecule has 1 aliphatic rings. The number of aromatic nitrogens is 4. The second-order valence-electron chi connectivity index (χ2n) is 10.8. The van der Waals surface area contributed by atoms with E-state index < -0.39 is 34.5 Å². The van der Waals surface area contributed by atoms with Gasteiger partial charge in [-0.05, 0) is 26.7 Å². The average Bonchev–Trinajstić information content (AvgIpc) is 3.57. The standard InChI is InChI=1S/C29H34ClN4O5PSi/c1-5-16-36-40(30)39-23-17-25(34-20-33-26-27(34)31-19-32-28(26)35)38-24(23)18-37-41(29(2,3)4,21-12-8-6-9-13-21)22-14-10-7-11-15-22/h5-15,19-20,23-25H,1,16-18H2,2-4H3,(H,31,32,35)/t23-,24+,25+,40?/m0/s1. The van der Waals surface area contributed by atoms with Gasteiger partial charge in [-0.25, -0.2) is 9.97 Å². The van der Waals surface area contributed by atoms with Crippen LogP contribution in [0.15, 0.2) is 90.8 Å². The Bertz CT molecular complexity index is 1470. The molecule has 4 atom stereocenters. The molecule has 1 aliphatic heterocycles. The van der Waals surface area contributed by atoms with Crippen molar-refractivity contribution in [2.75, 3.05) is 13.2 Å². The minimum absolute atomic E-state index is 0.207. The summed E-state index contributed by atoms with van der Waals surface area (Å²) in [5.74, 6) is 0. The van der Waals surface area contributed by atoms with Gasteiger partial charge in [0.05, 0.1) is 32.0 Å². The summed E-state index contributed by atoms with van der Waals surface area (Å²) < 4.78 is 27.3. The maximum Gasteiger partial charge on any atom is 0.278 e. The lowest BCUT2D eigenvalue weighted by Crippen LogP contribution is -2.67. The second kappa shape index (κ2) is 12.7. The summed E-state index contributed by atoms with van der Waals surface area (Å²) in [5.41, 5.74) is 0.366. The van der Waals surface area contributed by atoms with E-state index in [2.05, 4.69) is 90.8 Å². The first-order valence-electron chi connectivity index (χ1n) is 13.4. The molecule has 216 valence electrons. The Labute approximate surface area is 246 Å². The van der Waals surface area contributed by atoms with E-state index in [9.17, 15) is 4.79 Å². The predicted octanol–water partition coefficient (Wildman–Crippen LogP) is 5.04. The molecule has 9 nitrogen and oxygen atoms in total. The van der Waals surface area contributed by atoms with E-state index in [0.29, 0.717) is 12.1 Å². The Hall–Kier alpha value is -2.69. The van der Waals surface area contributed by atoms with Crippen LogP contribution in [0.1, 0.15) is 33.4 Å². The number of hydrogen-bond donors (Lipinski definition) is 1. The highest BCUT2D eigenvalue weighted by atomic mass is 35.7. The van der Waals surface area contributed by atoms with Crippen LogP contribution in [0.3, 0.4) is 0 Å². The third-order valence-corrected chi connectivity index (χ3v) is 13.6. The highest BCUT2D eigenvalue weighted by Gasteiger charge is 2.51. The van der Waals surface area contributed by atoms with Crippen molar-refractivity contribution in [2.45, 2.75) is 50.7 Å². The number of aromatic amines is 1. The van der Waals surface area contributed by atoms with Gasteiger partial charge in [0.25, 0.3) is 21.6 Å². The van der Waals surface area contributed by atoms with Gasteiger partial charge in [-0.15, -0.1) is 6.58 Å². The van der Waals surface area contributed by atoms with Gasteiger partial charge in [-0.3, -0.25) is 9.36 Å². The van der Waals surface area contributed by atoms with E-state index in [4.69, 9.17) is 29.5 Å². The van der Waals surface area contributed by atoms with Crippen LogP contribution in [0.4, 0.5) is 0 Å². The summed E-state index contributed by atoms with van der Waals surface area (Å²) in [5, 5.41) is 2.13. The van der Waals surface area contributed by atoms with Crippen LogP contribution in [0.25, 0.3) is 11.2 Å². The van der Waals surface area contributed by atoms with Crippen LogP contribution < -0.4 is 15.9 Å². The SMILES string of the molecule is C=CCOP(Cl)O[C@H]1C[C@H](n2cnc3c(=O)[nH]cnc32)O[C@@H]1CO[Si](c1ccccc1)(c1ccccc1)C(C)(C)C. The molecule has 0 radical (unpaired) electrons. The van der Waals surface area contributed by atoms with Gasteiger partial charge in [-0.2, -0.15) is 0 Å². The summed E-state index contributed by atoms with van der Waals surface area (Å²) >= 11 is 6.46. The Morgan fingerprint density at radius 3 is 2.41 bits per heavy atom. The van der Waals surface area contributed by atoms with Gasteiger partial charge in [0, 0.05) is 6.42 Å². The smallest absolute Gasteiger partial charge is 0.278 e. The molecule has 1 N–H and O–H groups in total. The number of hydrogen-bond acceptors (Lipinski definition) is 7. The van der Waals surface area contributed by atoms with Crippen molar-refractivity contribution >= 4 is 48.8 Å². The van der Waals surface area contributed by atoms with Gasteiger partial charge >= 0.3 is 0 Å². The number of rotatable bonds is 11. The zero-order valence-corrected chi connectivity index (χ0v) is 25.9. The van der Waals surface area contributed by atoms with Crippen LogP contribution in [0.5, 0.6) is 0 Å². The van der Waals surface area contributed by atoms with Crippen molar-refractivity contribution in [1.82, 2.24) is 19.5 Å². The molecule has 0 spiro atoms. The lowest BCUT2D eigenvalue weighted by Gasteiger charge is -2.43. The summed E-state index contributed by atoms with van der Waals surface area (Å²) in [7, 11) is -4.54. The van der Waals surface area contributed by atoms with E-state index in [1.165, 1.54) is 16.7 Å². The molecular formula is C29H34ClN4O5PSi. The lowest BCUT2D eigenvalue weighted by atomic mass is 10.2. The van der Waals surface area contributed by atoms with Crippen molar-refractivity contribution in [3.8, 4) is 0 Å². The summed E-state index contributed by atoms with van der Waals surface area (Å²) in [6.07, 6.45) is 3.58. The number of fused-ring (bicyclic) bond motifs is 1. The summed E-state index contributed by atoms with van der Waals surface area (Å²) in [6.45, 7) is 10.9. The van der Waals surface area contributed by atoms with Crippen LogP contribution >= 0.6 is 19.0 Å². The Balaban J connectivity index is 1.49. The minimum Gasteiger partial charge on any atom is -0.405 e. The highest BCUT2D eigenvalue weighted by Crippen LogP contribution is 2.49. The Kier molecular flexibility index (Phi) is 9.20. The molecular weight excluding hydrogens is 579 g/mol. The molecule has 1 unspecified atom stereocenters. The Morgan fingerprint density at radius 1 is 1.15 bits per heavy atom. The molecule has 41 heavy (non-hydrogen) atoms. The molecule has 12 heteroatoms. The maximum absolute atomic E-state index is 12.3. The Morgan fingerprint density at radius 2 is 1.80 bits per heavy atom. The normalized spacial score (nSPS) is 20.3. The molecule has 2 aromatic heterocycles. The van der Waals surface area contributed by atoms with Gasteiger partial charge in [0.15, 0.2) is 11.2 Å². The fourth-order valence-electron chi connectivity index (χ4n) is 5.42. The highest BCUT2D eigenvalue weighted by molar-refractivity contribution is 7.76. The number of benzene rings is 2. The lowest BCUT2D eigenvalue weighted by molar-refractivity contribution is -0.0356. The van der Waals surface area contributed by atoms with Crippen LogP contribution in [0.2, 0.25) is 5.04 Å². The summed E-state index contributed by atoms with van der Waals surface area (Å²) in [6, 6.07) is 20.9. The molecule has 1 fully saturated rings. The van der Waals surface area contributed by atoms with Gasteiger partial charge in [0.2, 0.25) is 0 Å². The monoisotopic (exact) mass is 612 g/mol. The van der Waals surface area contributed by atoms with Crippen LogP contribution in [0, 0.1) is 0 Å². The van der Waals surface area contributed by atoms with Crippen LogP contribution in [-0.2, 0) is 18.2 Å². The molecule has 5 rings (SSSR count). The first-order chi connectivity index (χ1) is 19.7. The van der Waals surface area contributed by atoms with Crippen molar-refractivity contribution in [2.24, 2.45) is 0 Å². The molecule has 0 aliphatic carbocycles. The molecule has 0 saturated carbocycles. The van der Waals surface area contributed by atoms with E-state index in [1.54, 1.807) is 17.0 Å². The largest absolute Gasteiger partial charge is 0.405 e. The van der Waals surface area contributed by atoms with E-state index in [-0.39, 0.29) is 29.3 Å². The van der Waals surface area contributed by atoms with E-state index in [1.807, 2.05) is 12.1 Å². The van der Waals surface area contributed by atoms with E-state index >= 15 is 0 Å². The number of H-pyrrole nitrogens is 1. The van der Waals surface area contributed by atoms with Crippen molar-refractivity contribution < 1.29 is 18.2 Å². The third-order valence-electron chi connectivity index (χ3n) is 7.25. The minimum atomic E-state index is -2.83. The van der Waals surface area contributed by atoms with Gasteiger partial charge < -0.3 is 23.2 Å². The van der Waals surface area contributed by atoms with Crippen molar-refractivity contribution in [3.63, 3.8) is 0 Å². The van der Waals surface area contributed by atoms with Gasteiger partial charge in [0.1, 0.15) is 12.3 Å². The van der Waals surface area contributed by atoms with Gasteiger partial charge in [-0.1, -0.05) is 87.5 Å². The molecule has 2 aromatic carbocycles. The fourth-order valence-corrected chi connectivity index (χ4v) is 11.2. The number of nitrogens with one attached hydrogen (secondary N) is 1. The number of ether oxygens (including phenoxy) is 1. The number of imidazole rings is 1. The van der Waals surface area contributed by atoms with Crippen LogP contribution in [-0.4, -0.2) is 53.3 Å². The van der Waals surface area contributed by atoms with Crippen molar-refractivity contribution in [3.05, 3.63) is 96.3 Å². The average molecular weight is 613 g/mol. The summed E-state index contributed by atoms with van der Waals surface area (Å²) in [4.78, 5) is 23.4. The molecule has 0 bridgehead atoms. The molecule has 3 heterocycles. The molecule has 0 amide bonds. The van der Waals surface area contributed by atoms with Crippen molar-refractivity contribution in [1.29, 1.82) is 0 Å². The van der Waals surface area contributed by atoms with E-state index in [0.717, 1.165) is 0 Å². The topological polar surface area (TPSA) is 100 Å². The zero-order valence-electron chi connectivity index (χ0n) is 23.3. The molecule has 1 saturated heterocycles.